The van der Waals surface area contributed by atoms with Gasteiger partial charge in [0.05, 0.1) is 5.38 Å². The van der Waals surface area contributed by atoms with Crippen molar-refractivity contribution in [1.82, 2.24) is 0 Å². The minimum absolute atomic E-state index is 0.206. The molecule has 0 heterocycles. The molecule has 3 heteroatoms. The second-order valence-electron chi connectivity index (χ2n) is 4.98. The maximum absolute atomic E-state index is 6.58. The van der Waals surface area contributed by atoms with E-state index < -0.39 is 0 Å². The third-order valence-corrected chi connectivity index (χ3v) is 4.54. The Morgan fingerprint density at radius 3 is 2.48 bits per heavy atom. The van der Waals surface area contributed by atoms with Crippen molar-refractivity contribution >= 4 is 45.6 Å². The molecular formula is C18H13Cl3. The number of benzene rings is 3. The van der Waals surface area contributed by atoms with Gasteiger partial charge in [-0.25, -0.2) is 0 Å². The van der Waals surface area contributed by atoms with E-state index in [1.54, 1.807) is 12.1 Å². The van der Waals surface area contributed by atoms with Gasteiger partial charge in [-0.2, -0.15) is 0 Å². The van der Waals surface area contributed by atoms with Gasteiger partial charge in [0.15, 0.2) is 0 Å². The second-order valence-corrected chi connectivity index (χ2v) is 6.35. The van der Waals surface area contributed by atoms with Crippen LogP contribution in [-0.2, 0) is 6.42 Å². The third-order valence-electron chi connectivity index (χ3n) is 3.57. The summed E-state index contributed by atoms with van der Waals surface area (Å²) in [7, 11) is 0. The van der Waals surface area contributed by atoms with Crippen molar-refractivity contribution < 1.29 is 0 Å². The maximum Gasteiger partial charge on any atom is 0.0640 e. The number of fused-ring (bicyclic) bond motifs is 1. The fourth-order valence-corrected chi connectivity index (χ4v) is 3.36. The fourth-order valence-electron chi connectivity index (χ4n) is 2.53. The number of halogens is 3. The molecule has 1 atom stereocenters. The van der Waals surface area contributed by atoms with Crippen LogP contribution in [0.4, 0.5) is 0 Å². The van der Waals surface area contributed by atoms with Crippen LogP contribution in [0.15, 0.2) is 60.7 Å². The number of alkyl halides is 1. The monoisotopic (exact) mass is 334 g/mol. The molecule has 0 N–H and O–H groups in total. The van der Waals surface area contributed by atoms with Crippen molar-refractivity contribution in [2.75, 3.05) is 0 Å². The van der Waals surface area contributed by atoms with Crippen LogP contribution in [0.2, 0.25) is 10.0 Å². The lowest BCUT2D eigenvalue weighted by Gasteiger charge is -2.14. The van der Waals surface area contributed by atoms with Gasteiger partial charge in [0.25, 0.3) is 0 Å². The lowest BCUT2D eigenvalue weighted by atomic mass is 9.98. The average molecular weight is 336 g/mol. The van der Waals surface area contributed by atoms with Crippen LogP contribution in [0.3, 0.4) is 0 Å². The predicted octanol–water partition coefficient (Wildman–Crippen LogP) is 6.67. The Hall–Kier alpha value is -1.21. The van der Waals surface area contributed by atoms with Crippen molar-refractivity contribution in [3.05, 3.63) is 81.8 Å². The fraction of sp³-hybridized carbons (Fsp3) is 0.111. The van der Waals surface area contributed by atoms with E-state index in [4.69, 9.17) is 34.8 Å². The number of rotatable bonds is 3. The van der Waals surface area contributed by atoms with Crippen LogP contribution in [0, 0.1) is 0 Å². The highest BCUT2D eigenvalue weighted by molar-refractivity contribution is 6.34. The molecule has 0 aliphatic carbocycles. The zero-order valence-corrected chi connectivity index (χ0v) is 13.5. The smallest absolute Gasteiger partial charge is 0.0640 e. The van der Waals surface area contributed by atoms with Gasteiger partial charge < -0.3 is 0 Å². The molecule has 0 saturated carbocycles. The maximum atomic E-state index is 6.58. The summed E-state index contributed by atoms with van der Waals surface area (Å²) < 4.78 is 0. The van der Waals surface area contributed by atoms with Crippen LogP contribution in [0.5, 0.6) is 0 Å². The minimum atomic E-state index is -0.206. The Labute approximate surface area is 139 Å². The molecule has 3 aromatic carbocycles. The van der Waals surface area contributed by atoms with Gasteiger partial charge in [-0.05, 0) is 46.5 Å². The normalized spacial score (nSPS) is 12.5. The second kappa shape index (κ2) is 6.27. The third kappa shape index (κ3) is 3.18. The van der Waals surface area contributed by atoms with E-state index >= 15 is 0 Å². The largest absolute Gasteiger partial charge is 0.117 e. The number of hydrogen-bond acceptors (Lipinski definition) is 0. The zero-order valence-electron chi connectivity index (χ0n) is 11.2. The van der Waals surface area contributed by atoms with Gasteiger partial charge >= 0.3 is 0 Å². The Bertz CT molecular complexity index is 775. The lowest BCUT2D eigenvalue weighted by molar-refractivity contribution is 0.928. The first kappa shape index (κ1) is 14.7. The lowest BCUT2D eigenvalue weighted by Crippen LogP contribution is -1.98. The standard InChI is InChI=1S/C18H13Cl3/c19-14-8-9-17(20)16(11-14)18(21)10-13-6-3-5-12-4-1-2-7-15(12)13/h1-9,11,18H,10H2. The Morgan fingerprint density at radius 2 is 1.62 bits per heavy atom. The van der Waals surface area contributed by atoms with E-state index in [1.807, 2.05) is 18.2 Å². The summed E-state index contributed by atoms with van der Waals surface area (Å²) in [6, 6.07) is 20.0. The topological polar surface area (TPSA) is 0 Å². The molecule has 3 aromatic rings. The summed E-state index contributed by atoms with van der Waals surface area (Å²) in [5.74, 6) is 0. The Kier molecular flexibility index (Phi) is 4.40. The summed E-state index contributed by atoms with van der Waals surface area (Å²) in [4.78, 5) is 0. The minimum Gasteiger partial charge on any atom is -0.117 e. The van der Waals surface area contributed by atoms with Gasteiger partial charge in [0.1, 0.15) is 0 Å². The molecule has 1 unspecified atom stereocenters. The molecule has 0 aliphatic rings. The summed E-state index contributed by atoms with van der Waals surface area (Å²) in [6.45, 7) is 0. The van der Waals surface area contributed by atoms with E-state index in [1.165, 1.54) is 16.3 Å². The van der Waals surface area contributed by atoms with Gasteiger partial charge in [-0.15, -0.1) is 11.6 Å². The molecule has 0 aromatic heterocycles. The van der Waals surface area contributed by atoms with E-state index in [2.05, 4.69) is 30.3 Å². The van der Waals surface area contributed by atoms with E-state index in [-0.39, 0.29) is 5.38 Å². The number of hydrogen-bond donors (Lipinski definition) is 0. The summed E-state index contributed by atoms with van der Waals surface area (Å²) in [6.07, 6.45) is 0.711. The molecule has 0 amide bonds. The van der Waals surface area contributed by atoms with Crippen molar-refractivity contribution in [2.45, 2.75) is 11.8 Å². The average Bonchev–Trinajstić information content (AvgIpc) is 2.50. The predicted molar refractivity (Wildman–Crippen MR) is 92.7 cm³/mol. The van der Waals surface area contributed by atoms with Crippen LogP contribution in [-0.4, -0.2) is 0 Å². The first-order valence-electron chi connectivity index (χ1n) is 6.71. The molecule has 0 nitrogen and oxygen atoms in total. The molecule has 0 fully saturated rings. The molecule has 0 saturated heterocycles. The first-order valence-corrected chi connectivity index (χ1v) is 7.90. The van der Waals surface area contributed by atoms with E-state index in [0.29, 0.717) is 16.5 Å². The summed E-state index contributed by atoms with van der Waals surface area (Å²) >= 11 is 18.8. The summed E-state index contributed by atoms with van der Waals surface area (Å²) in [5, 5.41) is 3.54. The van der Waals surface area contributed by atoms with Crippen molar-refractivity contribution in [1.29, 1.82) is 0 Å². The highest BCUT2D eigenvalue weighted by Gasteiger charge is 2.14. The highest BCUT2D eigenvalue weighted by Crippen LogP contribution is 2.34. The van der Waals surface area contributed by atoms with Gasteiger partial charge in [-0.1, -0.05) is 65.7 Å². The van der Waals surface area contributed by atoms with Crippen molar-refractivity contribution in [3.8, 4) is 0 Å². The van der Waals surface area contributed by atoms with Crippen LogP contribution < -0.4 is 0 Å². The molecule has 0 bridgehead atoms. The van der Waals surface area contributed by atoms with Crippen molar-refractivity contribution in [3.63, 3.8) is 0 Å². The van der Waals surface area contributed by atoms with Gasteiger partial charge in [-0.3, -0.25) is 0 Å². The van der Waals surface area contributed by atoms with E-state index in [0.717, 1.165) is 5.56 Å². The highest BCUT2D eigenvalue weighted by atomic mass is 35.5. The molecule has 106 valence electrons. The van der Waals surface area contributed by atoms with E-state index in [9.17, 15) is 0 Å². The van der Waals surface area contributed by atoms with Crippen molar-refractivity contribution in [2.24, 2.45) is 0 Å². The van der Waals surface area contributed by atoms with Crippen LogP contribution in [0.25, 0.3) is 10.8 Å². The molecule has 0 spiro atoms. The van der Waals surface area contributed by atoms with Crippen LogP contribution in [0.1, 0.15) is 16.5 Å². The molecule has 3 rings (SSSR count). The van der Waals surface area contributed by atoms with Gasteiger partial charge in [0, 0.05) is 10.0 Å². The SMILES string of the molecule is Clc1ccc(Cl)c(C(Cl)Cc2cccc3ccccc23)c1. The van der Waals surface area contributed by atoms with Crippen LogP contribution >= 0.6 is 34.8 Å². The Morgan fingerprint density at radius 1 is 0.857 bits per heavy atom. The molecular weight excluding hydrogens is 323 g/mol. The molecule has 0 radical (unpaired) electrons. The molecule has 0 aliphatic heterocycles. The quantitative estimate of drug-likeness (QED) is 0.469. The van der Waals surface area contributed by atoms with Gasteiger partial charge in [0.2, 0.25) is 0 Å². The zero-order chi connectivity index (χ0) is 14.8. The first-order chi connectivity index (χ1) is 10.1. The molecule has 21 heavy (non-hydrogen) atoms. The summed E-state index contributed by atoms with van der Waals surface area (Å²) in [5.41, 5.74) is 2.09. The Balaban J connectivity index is 1.96.